The Balaban J connectivity index is 1.90. The first-order chi connectivity index (χ1) is 15.3. The Morgan fingerprint density at radius 1 is 1.15 bits per heavy atom. The third-order valence-corrected chi connectivity index (χ3v) is 5.10. The lowest BCUT2D eigenvalue weighted by Crippen LogP contribution is -2.40. The summed E-state index contributed by atoms with van der Waals surface area (Å²) in [4.78, 5) is 29.2. The first kappa shape index (κ1) is 24.3. The summed E-state index contributed by atoms with van der Waals surface area (Å²) >= 11 is 0. The fourth-order valence-electron chi connectivity index (χ4n) is 3.18. The first-order valence-corrected chi connectivity index (χ1v) is 9.89. The second-order valence-corrected chi connectivity index (χ2v) is 7.77. The van der Waals surface area contributed by atoms with Crippen LogP contribution in [0.25, 0.3) is 11.3 Å². The molecule has 3 rings (SSSR count). The van der Waals surface area contributed by atoms with Crippen molar-refractivity contribution in [3.63, 3.8) is 0 Å². The SMILES string of the molecule is N#CC1(NC(=O)Cn2c(CCCC(F)(F)F)nc(-c3ccc(C(F)(F)F)cc3)cc2=O)CC1. The Kier molecular flexibility index (Phi) is 6.53. The topological polar surface area (TPSA) is 87.8 Å². The number of halogens is 6. The zero-order valence-electron chi connectivity index (χ0n) is 17.1. The van der Waals surface area contributed by atoms with Crippen LogP contribution in [-0.4, -0.2) is 27.2 Å². The van der Waals surface area contributed by atoms with Gasteiger partial charge in [0.1, 0.15) is 17.9 Å². The highest BCUT2D eigenvalue weighted by Gasteiger charge is 2.44. The van der Waals surface area contributed by atoms with Gasteiger partial charge in [0.25, 0.3) is 5.56 Å². The van der Waals surface area contributed by atoms with Crippen molar-refractivity contribution in [2.24, 2.45) is 0 Å². The molecule has 33 heavy (non-hydrogen) atoms. The Morgan fingerprint density at radius 2 is 1.79 bits per heavy atom. The first-order valence-electron chi connectivity index (χ1n) is 9.89. The van der Waals surface area contributed by atoms with E-state index in [2.05, 4.69) is 10.3 Å². The average molecular weight is 472 g/mol. The maximum Gasteiger partial charge on any atom is 0.416 e. The predicted molar refractivity (Wildman–Crippen MR) is 104 cm³/mol. The van der Waals surface area contributed by atoms with Crippen molar-refractivity contribution in [1.29, 1.82) is 5.26 Å². The van der Waals surface area contributed by atoms with Crippen molar-refractivity contribution in [2.75, 3.05) is 0 Å². The van der Waals surface area contributed by atoms with Gasteiger partial charge in [-0.05, 0) is 31.4 Å². The van der Waals surface area contributed by atoms with Gasteiger partial charge in [-0.2, -0.15) is 31.6 Å². The zero-order valence-corrected chi connectivity index (χ0v) is 17.1. The van der Waals surface area contributed by atoms with Crippen molar-refractivity contribution in [2.45, 2.75) is 56.5 Å². The molecule has 0 spiro atoms. The molecule has 1 heterocycles. The lowest BCUT2D eigenvalue weighted by Gasteiger charge is -2.16. The molecular weight excluding hydrogens is 454 g/mol. The third kappa shape index (κ3) is 6.34. The standard InChI is InChI=1S/C21H18F6N4O2/c22-20(23,24)7-1-2-16-29-15(13-3-5-14(6-4-13)21(25,26)27)10-18(33)31(16)11-17(32)30-19(12-28)8-9-19/h3-6,10H,1-2,7-9,11H2,(H,30,32). The lowest BCUT2D eigenvalue weighted by molar-refractivity contribution is -0.137. The molecule has 0 atom stereocenters. The summed E-state index contributed by atoms with van der Waals surface area (Å²) in [6, 6.07) is 6.76. The van der Waals surface area contributed by atoms with E-state index in [1.165, 1.54) is 0 Å². The third-order valence-electron chi connectivity index (χ3n) is 5.10. The molecular formula is C21H18F6N4O2. The van der Waals surface area contributed by atoms with Crippen molar-refractivity contribution in [3.05, 3.63) is 52.1 Å². The van der Waals surface area contributed by atoms with Crippen LogP contribution in [0.15, 0.2) is 35.1 Å². The van der Waals surface area contributed by atoms with Crippen molar-refractivity contribution in [1.82, 2.24) is 14.9 Å². The number of aromatic nitrogens is 2. The van der Waals surface area contributed by atoms with Gasteiger partial charge < -0.3 is 5.32 Å². The summed E-state index contributed by atoms with van der Waals surface area (Å²) in [6.45, 7) is -0.552. The maximum atomic E-state index is 12.8. The van der Waals surface area contributed by atoms with Gasteiger partial charge in [-0.3, -0.25) is 14.2 Å². The van der Waals surface area contributed by atoms with E-state index in [1.54, 1.807) is 0 Å². The molecule has 1 amide bonds. The number of benzene rings is 1. The number of alkyl halides is 6. The molecule has 6 nitrogen and oxygen atoms in total. The van der Waals surface area contributed by atoms with E-state index in [9.17, 15) is 35.9 Å². The fraction of sp³-hybridized carbons (Fsp3) is 0.429. The number of nitriles is 1. The summed E-state index contributed by atoms with van der Waals surface area (Å²) in [5.74, 6) is -0.782. The van der Waals surface area contributed by atoms with E-state index in [1.807, 2.05) is 6.07 Å². The van der Waals surface area contributed by atoms with Crippen molar-refractivity contribution in [3.8, 4) is 17.3 Å². The van der Waals surface area contributed by atoms with Gasteiger partial charge in [0.2, 0.25) is 5.91 Å². The van der Waals surface area contributed by atoms with Crippen LogP contribution in [0.4, 0.5) is 26.3 Å². The van der Waals surface area contributed by atoms with Gasteiger partial charge in [-0.25, -0.2) is 4.98 Å². The molecule has 0 bridgehead atoms. The van der Waals surface area contributed by atoms with E-state index >= 15 is 0 Å². The Morgan fingerprint density at radius 3 is 2.30 bits per heavy atom. The van der Waals surface area contributed by atoms with Crippen LogP contribution in [0.1, 0.15) is 37.1 Å². The Labute approximate surface area is 183 Å². The average Bonchev–Trinajstić information content (AvgIpc) is 3.48. The van der Waals surface area contributed by atoms with Crippen LogP contribution < -0.4 is 10.9 Å². The lowest BCUT2D eigenvalue weighted by atomic mass is 10.1. The van der Waals surface area contributed by atoms with E-state index in [4.69, 9.17) is 5.26 Å². The molecule has 1 aliphatic rings. The summed E-state index contributed by atoms with van der Waals surface area (Å²) in [5, 5.41) is 11.6. The molecule has 1 aromatic carbocycles. The Hall–Kier alpha value is -3.36. The molecule has 0 saturated heterocycles. The zero-order chi connectivity index (χ0) is 24.4. The van der Waals surface area contributed by atoms with Crippen LogP contribution >= 0.6 is 0 Å². The highest BCUT2D eigenvalue weighted by molar-refractivity contribution is 5.78. The molecule has 1 saturated carbocycles. The monoisotopic (exact) mass is 472 g/mol. The smallest absolute Gasteiger partial charge is 0.336 e. The Bertz CT molecular complexity index is 1130. The normalized spacial score (nSPS) is 15.1. The molecule has 0 unspecified atom stereocenters. The molecule has 0 radical (unpaired) electrons. The molecule has 1 aliphatic carbocycles. The molecule has 176 valence electrons. The minimum atomic E-state index is -4.56. The van der Waals surface area contributed by atoms with E-state index < -0.39 is 54.3 Å². The van der Waals surface area contributed by atoms with Crippen LogP contribution in [0.5, 0.6) is 0 Å². The summed E-state index contributed by atoms with van der Waals surface area (Å²) in [5.41, 5.74) is -2.52. The van der Waals surface area contributed by atoms with Gasteiger partial charge in [0, 0.05) is 24.5 Å². The summed E-state index contributed by atoms with van der Waals surface area (Å²) in [6.07, 6.45) is -9.93. The van der Waals surface area contributed by atoms with Gasteiger partial charge in [0.15, 0.2) is 0 Å². The number of carbonyl (C=O) groups excluding carboxylic acids is 1. The second-order valence-electron chi connectivity index (χ2n) is 7.77. The molecule has 1 N–H and O–H groups in total. The van der Waals surface area contributed by atoms with Gasteiger partial charge in [-0.15, -0.1) is 0 Å². The molecule has 2 aromatic rings. The van der Waals surface area contributed by atoms with Crippen LogP contribution in [0.2, 0.25) is 0 Å². The minimum absolute atomic E-state index is 0.0249. The molecule has 0 aliphatic heterocycles. The van der Waals surface area contributed by atoms with Gasteiger partial charge >= 0.3 is 12.4 Å². The number of rotatable bonds is 7. The largest absolute Gasteiger partial charge is 0.416 e. The number of hydrogen-bond acceptors (Lipinski definition) is 4. The molecule has 12 heteroatoms. The van der Waals surface area contributed by atoms with Crippen LogP contribution in [0, 0.1) is 11.3 Å². The number of amides is 1. The highest BCUT2D eigenvalue weighted by Crippen LogP contribution is 2.34. The van der Waals surface area contributed by atoms with Gasteiger partial charge in [-0.1, -0.05) is 12.1 Å². The summed E-state index contributed by atoms with van der Waals surface area (Å²) < 4.78 is 77.0. The maximum absolute atomic E-state index is 12.8. The number of aryl methyl sites for hydroxylation is 1. The van der Waals surface area contributed by atoms with Crippen LogP contribution in [0.3, 0.4) is 0 Å². The number of nitrogens with one attached hydrogen (secondary N) is 1. The van der Waals surface area contributed by atoms with Crippen LogP contribution in [-0.2, 0) is 23.9 Å². The van der Waals surface area contributed by atoms with E-state index in [0.29, 0.717) is 12.8 Å². The number of nitrogens with zero attached hydrogens (tertiary/aromatic N) is 3. The minimum Gasteiger partial charge on any atom is -0.336 e. The van der Waals surface area contributed by atoms with Crippen molar-refractivity contribution >= 4 is 5.91 Å². The van der Waals surface area contributed by atoms with E-state index in [-0.39, 0.29) is 23.5 Å². The molecule has 1 aromatic heterocycles. The highest BCUT2D eigenvalue weighted by atomic mass is 19.4. The van der Waals surface area contributed by atoms with Gasteiger partial charge in [0.05, 0.1) is 17.3 Å². The second kappa shape index (κ2) is 8.88. The van der Waals surface area contributed by atoms with Crippen molar-refractivity contribution < 1.29 is 31.1 Å². The number of carbonyl (C=O) groups is 1. The fourth-order valence-corrected chi connectivity index (χ4v) is 3.18. The molecule has 1 fully saturated rings. The summed E-state index contributed by atoms with van der Waals surface area (Å²) in [7, 11) is 0. The quantitative estimate of drug-likeness (QED) is 0.618. The van der Waals surface area contributed by atoms with E-state index in [0.717, 1.165) is 34.9 Å². The number of hydrogen-bond donors (Lipinski definition) is 1. The predicted octanol–water partition coefficient (Wildman–Crippen LogP) is 3.99.